The number of hydrogen-bond acceptors (Lipinski definition) is 2. The maximum absolute atomic E-state index is 10.1. The monoisotopic (exact) mass is 170 g/mol. The van der Waals surface area contributed by atoms with Gasteiger partial charge in [0.15, 0.2) is 0 Å². The SMILES string of the molecule is CCC(C)OC(=O)S.Cl. The molecule has 0 saturated carbocycles. The smallest absolute Gasteiger partial charge is 0.364 e. The highest BCUT2D eigenvalue weighted by molar-refractivity contribution is 7.96. The molecular weight excluding hydrogens is 160 g/mol. The third-order valence-electron chi connectivity index (χ3n) is 0.877. The van der Waals surface area contributed by atoms with Crippen molar-refractivity contribution in [1.82, 2.24) is 0 Å². The van der Waals surface area contributed by atoms with Gasteiger partial charge in [-0.1, -0.05) is 19.6 Å². The van der Waals surface area contributed by atoms with Gasteiger partial charge in [-0.05, 0) is 13.3 Å². The second kappa shape index (κ2) is 6.23. The van der Waals surface area contributed by atoms with Crippen molar-refractivity contribution >= 4 is 30.3 Å². The Bertz CT molecular complexity index is 87.0. The van der Waals surface area contributed by atoms with Gasteiger partial charge in [-0.25, -0.2) is 4.79 Å². The van der Waals surface area contributed by atoms with Crippen LogP contribution in [0.5, 0.6) is 0 Å². The van der Waals surface area contributed by atoms with Gasteiger partial charge in [0.2, 0.25) is 0 Å². The van der Waals surface area contributed by atoms with E-state index >= 15 is 0 Å². The van der Waals surface area contributed by atoms with E-state index in [1.165, 1.54) is 0 Å². The molecule has 4 heteroatoms. The number of hydrogen-bond donors (Lipinski definition) is 1. The largest absolute Gasteiger partial charge is 0.455 e. The molecule has 0 spiro atoms. The number of rotatable bonds is 2. The van der Waals surface area contributed by atoms with Crippen LogP contribution in [0.15, 0.2) is 0 Å². The third kappa shape index (κ3) is 8.11. The summed E-state index contributed by atoms with van der Waals surface area (Å²) in [4.78, 5) is 10.1. The summed E-state index contributed by atoms with van der Waals surface area (Å²) in [5.74, 6) is 0. The quantitative estimate of drug-likeness (QED) is 0.509. The first-order chi connectivity index (χ1) is 3.66. The molecule has 0 bridgehead atoms. The van der Waals surface area contributed by atoms with Gasteiger partial charge in [0.1, 0.15) is 0 Å². The Morgan fingerprint density at radius 1 is 1.78 bits per heavy atom. The fraction of sp³-hybridized carbons (Fsp3) is 0.800. The molecule has 0 aromatic heterocycles. The predicted molar refractivity (Wildman–Crippen MR) is 42.5 cm³/mol. The molecule has 0 amide bonds. The van der Waals surface area contributed by atoms with Crippen molar-refractivity contribution in [3.8, 4) is 0 Å². The minimum atomic E-state index is -0.501. The van der Waals surface area contributed by atoms with Crippen LogP contribution in [0.25, 0.3) is 0 Å². The van der Waals surface area contributed by atoms with Gasteiger partial charge in [0.05, 0.1) is 6.10 Å². The highest BCUT2D eigenvalue weighted by atomic mass is 35.5. The van der Waals surface area contributed by atoms with E-state index in [4.69, 9.17) is 0 Å². The topological polar surface area (TPSA) is 26.3 Å². The van der Waals surface area contributed by atoms with Gasteiger partial charge in [-0.15, -0.1) is 12.4 Å². The van der Waals surface area contributed by atoms with Crippen LogP contribution in [0.3, 0.4) is 0 Å². The summed E-state index contributed by atoms with van der Waals surface area (Å²) in [6, 6.07) is 0. The van der Waals surface area contributed by atoms with Crippen LogP contribution in [0.2, 0.25) is 0 Å². The number of thiol groups is 1. The lowest BCUT2D eigenvalue weighted by Crippen LogP contribution is -2.07. The molecule has 2 nitrogen and oxygen atoms in total. The van der Waals surface area contributed by atoms with Gasteiger partial charge in [0, 0.05) is 0 Å². The van der Waals surface area contributed by atoms with E-state index in [-0.39, 0.29) is 18.5 Å². The second-order valence-corrected chi connectivity index (χ2v) is 1.97. The summed E-state index contributed by atoms with van der Waals surface area (Å²) in [7, 11) is 0. The molecule has 0 aliphatic rings. The predicted octanol–water partition coefficient (Wildman–Crippen LogP) is 2.27. The molecule has 0 heterocycles. The lowest BCUT2D eigenvalue weighted by molar-refractivity contribution is 0.131. The molecule has 0 aliphatic heterocycles. The molecule has 0 fully saturated rings. The molecular formula is C5H11ClO2S. The van der Waals surface area contributed by atoms with E-state index in [0.29, 0.717) is 0 Å². The van der Waals surface area contributed by atoms with Crippen LogP contribution in [0.4, 0.5) is 4.79 Å². The van der Waals surface area contributed by atoms with Gasteiger partial charge in [0.25, 0.3) is 0 Å². The summed E-state index contributed by atoms with van der Waals surface area (Å²) in [6.45, 7) is 3.77. The average molecular weight is 171 g/mol. The summed E-state index contributed by atoms with van der Waals surface area (Å²) < 4.78 is 4.62. The normalized spacial score (nSPS) is 11.4. The third-order valence-corrected chi connectivity index (χ3v) is 0.982. The van der Waals surface area contributed by atoms with Crippen molar-refractivity contribution in [2.75, 3.05) is 0 Å². The highest BCUT2D eigenvalue weighted by Gasteiger charge is 1.99. The standard InChI is InChI=1S/C5H10O2S.ClH/c1-3-4(2)7-5(6)8;/h4H,3H2,1-2H3,(H,6,8);1H. The maximum atomic E-state index is 10.1. The Labute approximate surface area is 66.8 Å². The van der Waals surface area contributed by atoms with Crippen molar-refractivity contribution in [2.24, 2.45) is 0 Å². The zero-order valence-corrected chi connectivity index (χ0v) is 7.17. The van der Waals surface area contributed by atoms with Gasteiger partial charge < -0.3 is 4.74 Å². The van der Waals surface area contributed by atoms with E-state index in [1.807, 2.05) is 13.8 Å². The fourth-order valence-electron chi connectivity index (χ4n) is 0.255. The first-order valence-corrected chi connectivity index (χ1v) is 3.01. The molecule has 1 atom stereocenters. The molecule has 0 aromatic rings. The molecule has 9 heavy (non-hydrogen) atoms. The minimum Gasteiger partial charge on any atom is -0.455 e. The first kappa shape index (κ1) is 11.9. The Hall–Kier alpha value is 0.110. The first-order valence-electron chi connectivity index (χ1n) is 2.56. The zero-order valence-electron chi connectivity index (χ0n) is 5.46. The summed E-state index contributed by atoms with van der Waals surface area (Å²) in [5, 5.41) is -0.501. The number of carbonyl (C=O) groups is 1. The highest BCUT2D eigenvalue weighted by Crippen LogP contribution is 1.98. The van der Waals surface area contributed by atoms with Crippen LogP contribution in [-0.2, 0) is 4.74 Å². The summed E-state index contributed by atoms with van der Waals surface area (Å²) in [5.41, 5.74) is 0. The summed E-state index contributed by atoms with van der Waals surface area (Å²) in [6.07, 6.45) is 0.840. The van der Waals surface area contributed by atoms with Crippen molar-refractivity contribution < 1.29 is 9.53 Å². The Morgan fingerprint density at radius 3 is 2.33 bits per heavy atom. The van der Waals surface area contributed by atoms with Crippen LogP contribution < -0.4 is 0 Å². The van der Waals surface area contributed by atoms with E-state index in [1.54, 1.807) is 0 Å². The van der Waals surface area contributed by atoms with Crippen LogP contribution in [0, 0.1) is 0 Å². The molecule has 0 saturated heterocycles. The fourth-order valence-corrected chi connectivity index (χ4v) is 0.435. The van der Waals surface area contributed by atoms with Crippen molar-refractivity contribution in [2.45, 2.75) is 26.4 Å². The van der Waals surface area contributed by atoms with Crippen LogP contribution in [-0.4, -0.2) is 11.4 Å². The van der Waals surface area contributed by atoms with Gasteiger partial charge in [-0.3, -0.25) is 0 Å². The summed E-state index contributed by atoms with van der Waals surface area (Å²) >= 11 is 3.43. The van der Waals surface area contributed by atoms with Gasteiger partial charge in [-0.2, -0.15) is 0 Å². The van der Waals surface area contributed by atoms with Crippen molar-refractivity contribution in [3.63, 3.8) is 0 Å². The van der Waals surface area contributed by atoms with E-state index in [2.05, 4.69) is 17.4 Å². The molecule has 1 unspecified atom stereocenters. The Kier molecular flexibility index (Phi) is 8.21. The van der Waals surface area contributed by atoms with Crippen LogP contribution in [0.1, 0.15) is 20.3 Å². The van der Waals surface area contributed by atoms with E-state index < -0.39 is 5.30 Å². The number of ether oxygens (including phenoxy) is 1. The molecule has 0 aromatic carbocycles. The van der Waals surface area contributed by atoms with Crippen molar-refractivity contribution in [1.29, 1.82) is 0 Å². The Balaban J connectivity index is 0. The van der Waals surface area contributed by atoms with E-state index in [9.17, 15) is 4.79 Å². The zero-order chi connectivity index (χ0) is 6.57. The van der Waals surface area contributed by atoms with E-state index in [0.717, 1.165) is 6.42 Å². The molecule has 0 radical (unpaired) electrons. The maximum Gasteiger partial charge on any atom is 0.364 e. The lowest BCUT2D eigenvalue weighted by Gasteiger charge is -2.05. The molecule has 0 aliphatic carbocycles. The molecule has 0 rings (SSSR count). The van der Waals surface area contributed by atoms with Crippen molar-refractivity contribution in [3.05, 3.63) is 0 Å². The minimum absolute atomic E-state index is 0. The number of halogens is 1. The van der Waals surface area contributed by atoms with Crippen LogP contribution >= 0.6 is 25.0 Å². The average Bonchev–Trinajstić information content (AvgIpc) is 1.65. The molecule has 0 N–H and O–H groups in total. The lowest BCUT2D eigenvalue weighted by atomic mass is 10.3. The second-order valence-electron chi connectivity index (χ2n) is 1.60. The van der Waals surface area contributed by atoms with Gasteiger partial charge >= 0.3 is 5.30 Å². The Morgan fingerprint density at radius 2 is 2.22 bits per heavy atom. The number of carbonyl (C=O) groups excluding carboxylic acids is 1. The molecule has 56 valence electrons.